The molecule has 3 aromatic carbocycles. The fourth-order valence-electron chi connectivity index (χ4n) is 2.75. The van der Waals surface area contributed by atoms with E-state index >= 15 is 0 Å². The third-order valence-corrected chi connectivity index (χ3v) is 5.63. The number of aromatic carboxylic acids is 1. The number of amides is 1. The summed E-state index contributed by atoms with van der Waals surface area (Å²) < 4.78 is 65.9. The zero-order valence-corrected chi connectivity index (χ0v) is 16.9. The number of carbonyl (C=O) groups is 2. The average molecular weight is 464 g/mol. The summed E-state index contributed by atoms with van der Waals surface area (Å²) in [6.07, 6.45) is -4.65. The predicted molar refractivity (Wildman–Crippen MR) is 110 cm³/mol. The smallest absolute Gasteiger partial charge is 0.416 e. The lowest BCUT2D eigenvalue weighted by Gasteiger charge is -2.12. The molecule has 166 valence electrons. The third-order valence-electron chi connectivity index (χ3n) is 4.25. The monoisotopic (exact) mass is 464 g/mol. The number of rotatable bonds is 6. The number of halogens is 3. The van der Waals surface area contributed by atoms with Crippen LogP contribution >= 0.6 is 0 Å². The Morgan fingerprint density at radius 3 is 2.25 bits per heavy atom. The van der Waals surface area contributed by atoms with Crippen LogP contribution in [0.25, 0.3) is 0 Å². The molecule has 3 rings (SSSR count). The summed E-state index contributed by atoms with van der Waals surface area (Å²) >= 11 is 0. The fraction of sp³-hybridized carbons (Fsp3) is 0.0476. The van der Waals surface area contributed by atoms with Crippen LogP contribution in [0.2, 0.25) is 0 Å². The Labute approximate surface area is 180 Å². The molecule has 0 atom stereocenters. The van der Waals surface area contributed by atoms with Gasteiger partial charge in [0.25, 0.3) is 15.9 Å². The molecule has 0 radical (unpaired) electrons. The van der Waals surface area contributed by atoms with Crippen molar-refractivity contribution in [3.05, 3.63) is 89.5 Å². The van der Waals surface area contributed by atoms with Gasteiger partial charge in [-0.05, 0) is 48.5 Å². The van der Waals surface area contributed by atoms with Crippen molar-refractivity contribution in [3.8, 4) is 0 Å². The number of carboxylic acids is 1. The van der Waals surface area contributed by atoms with Gasteiger partial charge in [-0.25, -0.2) is 13.2 Å². The highest BCUT2D eigenvalue weighted by molar-refractivity contribution is 7.92. The third kappa shape index (κ3) is 5.24. The summed E-state index contributed by atoms with van der Waals surface area (Å²) in [6.45, 7) is 0. The largest absolute Gasteiger partial charge is 0.478 e. The first-order valence-electron chi connectivity index (χ1n) is 8.91. The van der Waals surface area contributed by atoms with Gasteiger partial charge in [-0.2, -0.15) is 13.2 Å². The number of hydrogen-bond donors (Lipinski definition) is 3. The lowest BCUT2D eigenvalue weighted by atomic mass is 10.1. The molecule has 0 saturated heterocycles. The van der Waals surface area contributed by atoms with E-state index in [1.165, 1.54) is 36.4 Å². The number of carboxylic acid groups (broad SMARTS) is 1. The van der Waals surface area contributed by atoms with Gasteiger partial charge in [0.2, 0.25) is 0 Å². The summed E-state index contributed by atoms with van der Waals surface area (Å²) in [5.74, 6) is -2.03. The van der Waals surface area contributed by atoms with Crippen LogP contribution in [0.5, 0.6) is 0 Å². The maximum Gasteiger partial charge on any atom is 0.416 e. The zero-order valence-electron chi connectivity index (χ0n) is 16.1. The SMILES string of the molecule is O=C(Nc1ccccc1C(=O)O)c1cccc(S(=O)(=O)Nc2cccc(C(F)(F)F)c2)c1. The second-order valence-corrected chi connectivity index (χ2v) is 8.20. The summed E-state index contributed by atoms with van der Waals surface area (Å²) in [6, 6.07) is 14.1. The first kappa shape index (κ1) is 22.8. The van der Waals surface area contributed by atoms with Crippen molar-refractivity contribution in [2.24, 2.45) is 0 Å². The summed E-state index contributed by atoms with van der Waals surface area (Å²) in [5, 5.41) is 11.6. The van der Waals surface area contributed by atoms with E-state index in [-0.39, 0.29) is 27.4 Å². The minimum Gasteiger partial charge on any atom is -0.478 e. The highest BCUT2D eigenvalue weighted by atomic mass is 32.2. The lowest BCUT2D eigenvalue weighted by molar-refractivity contribution is -0.137. The van der Waals surface area contributed by atoms with Crippen LogP contribution < -0.4 is 10.0 Å². The number of carbonyl (C=O) groups excluding carboxylic acids is 1. The molecular formula is C21H15F3N2O5S. The molecule has 1 amide bonds. The molecule has 32 heavy (non-hydrogen) atoms. The van der Waals surface area contributed by atoms with Crippen molar-refractivity contribution in [1.29, 1.82) is 0 Å². The van der Waals surface area contributed by atoms with Crippen molar-refractivity contribution in [3.63, 3.8) is 0 Å². The van der Waals surface area contributed by atoms with Gasteiger partial charge in [-0.1, -0.05) is 24.3 Å². The van der Waals surface area contributed by atoms with Crippen molar-refractivity contribution in [1.82, 2.24) is 0 Å². The van der Waals surface area contributed by atoms with Crippen LogP contribution in [0.15, 0.2) is 77.7 Å². The van der Waals surface area contributed by atoms with Gasteiger partial charge in [0.05, 0.1) is 21.7 Å². The van der Waals surface area contributed by atoms with Gasteiger partial charge in [0.15, 0.2) is 0 Å². The summed E-state index contributed by atoms with van der Waals surface area (Å²) in [7, 11) is -4.32. The molecule has 0 spiro atoms. The average Bonchev–Trinajstić information content (AvgIpc) is 2.73. The van der Waals surface area contributed by atoms with Gasteiger partial charge < -0.3 is 10.4 Å². The molecule has 0 heterocycles. The molecule has 3 aromatic rings. The van der Waals surface area contributed by atoms with Gasteiger partial charge in [-0.3, -0.25) is 9.52 Å². The van der Waals surface area contributed by atoms with E-state index in [0.717, 1.165) is 30.3 Å². The molecule has 0 fully saturated rings. The first-order chi connectivity index (χ1) is 15.0. The number of alkyl halides is 3. The van der Waals surface area contributed by atoms with Crippen molar-refractivity contribution >= 4 is 33.3 Å². The molecule has 0 aliphatic heterocycles. The summed E-state index contributed by atoms with van der Waals surface area (Å²) in [5.41, 5.74) is -1.57. The Balaban J connectivity index is 1.85. The Kier molecular flexibility index (Phi) is 6.21. The minimum atomic E-state index is -4.65. The molecule has 0 unspecified atom stereocenters. The number of sulfonamides is 1. The molecule has 0 aliphatic rings. The Bertz CT molecular complexity index is 1290. The number of anilines is 2. The topological polar surface area (TPSA) is 113 Å². The zero-order chi connectivity index (χ0) is 23.5. The highest BCUT2D eigenvalue weighted by Crippen LogP contribution is 2.31. The van der Waals surface area contributed by atoms with Crippen LogP contribution in [-0.4, -0.2) is 25.4 Å². The summed E-state index contributed by atoms with van der Waals surface area (Å²) in [4.78, 5) is 23.4. The predicted octanol–water partition coefficient (Wildman–Crippen LogP) is 4.46. The second kappa shape index (κ2) is 8.71. The second-order valence-electron chi connectivity index (χ2n) is 6.52. The van der Waals surface area contributed by atoms with Gasteiger partial charge in [-0.15, -0.1) is 0 Å². The Morgan fingerprint density at radius 2 is 1.56 bits per heavy atom. The first-order valence-corrected chi connectivity index (χ1v) is 10.4. The van der Waals surface area contributed by atoms with E-state index in [4.69, 9.17) is 0 Å². The maximum absolute atomic E-state index is 12.9. The Morgan fingerprint density at radius 1 is 0.875 bits per heavy atom. The molecule has 11 heteroatoms. The molecule has 7 nitrogen and oxygen atoms in total. The van der Waals surface area contributed by atoms with E-state index in [1.807, 2.05) is 4.72 Å². The maximum atomic E-state index is 12.9. The standard InChI is InChI=1S/C21H15F3N2O5S/c22-21(23,24)14-6-4-7-15(12-14)26-32(30,31)16-8-3-5-13(11-16)19(27)25-18-10-2-1-9-17(18)20(28)29/h1-12,26H,(H,25,27)(H,28,29). The molecule has 3 N–H and O–H groups in total. The van der Waals surface area contributed by atoms with E-state index in [2.05, 4.69) is 5.32 Å². The van der Waals surface area contributed by atoms with Crippen LogP contribution in [0.3, 0.4) is 0 Å². The Hall–Kier alpha value is -3.86. The van der Waals surface area contributed by atoms with Crippen LogP contribution in [0, 0.1) is 0 Å². The van der Waals surface area contributed by atoms with E-state index in [0.29, 0.717) is 6.07 Å². The lowest BCUT2D eigenvalue weighted by Crippen LogP contribution is -2.17. The number of hydrogen-bond acceptors (Lipinski definition) is 4. The van der Waals surface area contributed by atoms with Crippen LogP contribution in [0.1, 0.15) is 26.3 Å². The van der Waals surface area contributed by atoms with Crippen molar-refractivity contribution < 1.29 is 36.3 Å². The normalized spacial score (nSPS) is 11.6. The highest BCUT2D eigenvalue weighted by Gasteiger charge is 2.30. The van der Waals surface area contributed by atoms with Gasteiger partial charge in [0, 0.05) is 11.3 Å². The molecule has 0 saturated carbocycles. The van der Waals surface area contributed by atoms with E-state index in [1.54, 1.807) is 0 Å². The van der Waals surface area contributed by atoms with E-state index < -0.39 is 33.6 Å². The van der Waals surface area contributed by atoms with Crippen LogP contribution in [0.4, 0.5) is 24.5 Å². The van der Waals surface area contributed by atoms with Crippen molar-refractivity contribution in [2.75, 3.05) is 10.0 Å². The fourth-order valence-corrected chi connectivity index (χ4v) is 3.85. The number of benzene rings is 3. The molecule has 0 aliphatic carbocycles. The van der Waals surface area contributed by atoms with Crippen LogP contribution in [-0.2, 0) is 16.2 Å². The van der Waals surface area contributed by atoms with Gasteiger partial charge in [0.1, 0.15) is 0 Å². The number of nitrogens with one attached hydrogen (secondary N) is 2. The van der Waals surface area contributed by atoms with Crippen molar-refractivity contribution in [2.45, 2.75) is 11.1 Å². The number of para-hydroxylation sites is 1. The molecule has 0 bridgehead atoms. The quantitative estimate of drug-likeness (QED) is 0.499. The van der Waals surface area contributed by atoms with Gasteiger partial charge >= 0.3 is 12.1 Å². The van der Waals surface area contributed by atoms with E-state index in [9.17, 15) is 36.3 Å². The molecular weight excluding hydrogens is 449 g/mol. The molecule has 0 aromatic heterocycles. The minimum absolute atomic E-state index is 0.0142.